The summed E-state index contributed by atoms with van der Waals surface area (Å²) in [5, 5.41) is 15.1. The van der Waals surface area contributed by atoms with Crippen molar-refractivity contribution in [1.82, 2.24) is 56.5 Å². The first-order valence-corrected chi connectivity index (χ1v) is 36.1. The number of carbonyl (C=O) groups is 3. The van der Waals surface area contributed by atoms with E-state index in [1.807, 2.05) is 30.6 Å². The van der Waals surface area contributed by atoms with Crippen LogP contribution in [0, 0.1) is 49.0 Å². The number of piperidine rings is 1. The van der Waals surface area contributed by atoms with Gasteiger partial charge in [0.2, 0.25) is 0 Å². The van der Waals surface area contributed by atoms with Gasteiger partial charge in [-0.2, -0.15) is 0 Å². The molecule has 6 aromatic heterocycles. The molecule has 7 unspecified atom stereocenters. The van der Waals surface area contributed by atoms with Crippen LogP contribution >= 0.6 is 34.0 Å². The maximum absolute atomic E-state index is 15.0. The van der Waals surface area contributed by atoms with Crippen molar-refractivity contribution in [3.05, 3.63) is 139 Å². The Bertz CT molecular complexity index is 4260. The lowest BCUT2D eigenvalue weighted by atomic mass is 9.98. The molecule has 99 heavy (non-hydrogen) atoms. The van der Waals surface area contributed by atoms with Gasteiger partial charge >= 0.3 is 0 Å². The number of amides is 3. The lowest BCUT2D eigenvalue weighted by molar-refractivity contribution is -0.0487. The van der Waals surface area contributed by atoms with E-state index >= 15 is 17.6 Å². The van der Waals surface area contributed by atoms with Crippen molar-refractivity contribution in [3.8, 4) is 0 Å². The van der Waals surface area contributed by atoms with Crippen molar-refractivity contribution in [2.75, 3.05) is 117 Å². The van der Waals surface area contributed by atoms with Gasteiger partial charge in [-0.3, -0.25) is 14.4 Å². The van der Waals surface area contributed by atoms with Crippen molar-refractivity contribution in [3.63, 3.8) is 0 Å². The molecule has 29 heteroatoms. The largest absolute Gasteiger partial charge is 0.396 e. The number of nitrogen functional groups attached to an aromatic ring is 3. The number of nitrogens with one attached hydrogen (secondary N) is 5. The molecule has 6 bridgehead atoms. The lowest BCUT2D eigenvalue weighted by Crippen LogP contribution is -2.58. The van der Waals surface area contributed by atoms with Gasteiger partial charge in [-0.05, 0) is 98.7 Å². The van der Waals surface area contributed by atoms with Crippen LogP contribution in [0.3, 0.4) is 0 Å². The standard InChI is InChI=1S/C24H29N5OS.2C23H26F2N6O2S/c1-2-18-12-27-24-21(28-18)20(25)22(31-24)23(30)26-10-9-15-5-7-19(8-6-15)29-13-16-3-4-17(11-16)14-29;2*1-11(5-29-22(32)21-19(26)20-23(34-21)30-12(2)6-28-20)15-3-17(25)18(4-16(15)24)31-9-13-7-27-8-14(10-31)33-13/h5-8,12,16-17H,2-4,9-11,13-14,25H2,1H3,(H,26,30);2*3-4,6,11,13-14,27H,5,7-10,26H2,1-2H3,(H,29,32)/t;11-,13?,14?;/m.0./s1. The fraction of sp³-hybridized carbons (Fsp3) is 0.443. The van der Waals surface area contributed by atoms with Gasteiger partial charge in [-0.15, -0.1) is 34.0 Å². The van der Waals surface area contributed by atoms with E-state index in [1.165, 1.54) is 79.2 Å². The van der Waals surface area contributed by atoms with Gasteiger partial charge in [0.15, 0.2) is 0 Å². The van der Waals surface area contributed by atoms with Crippen LogP contribution in [0.5, 0.6) is 0 Å². The Morgan fingerprint density at radius 2 is 1.01 bits per heavy atom. The first kappa shape index (κ1) is 69.0. The van der Waals surface area contributed by atoms with E-state index in [9.17, 15) is 14.4 Å². The Hall–Kier alpha value is -8.45. The molecule has 3 aromatic carbocycles. The molecule has 1 saturated carbocycles. The number of halogens is 4. The Labute approximate surface area is 582 Å². The average Bonchev–Trinajstić information content (AvgIpc) is 1.33. The summed E-state index contributed by atoms with van der Waals surface area (Å²) in [6.45, 7) is 17.1. The average molecular weight is 1410 g/mol. The number of morpholine rings is 4. The van der Waals surface area contributed by atoms with Crippen LogP contribution < -0.4 is 58.5 Å². The maximum atomic E-state index is 15.0. The molecule has 3 amide bonds. The number of hydrogen-bond donors (Lipinski definition) is 8. The summed E-state index contributed by atoms with van der Waals surface area (Å²) < 4.78 is 71.8. The van der Waals surface area contributed by atoms with Crippen LogP contribution in [0.25, 0.3) is 31.0 Å². The predicted octanol–water partition coefficient (Wildman–Crippen LogP) is 9.19. The first-order valence-electron chi connectivity index (χ1n) is 33.7. The van der Waals surface area contributed by atoms with Gasteiger partial charge in [0.05, 0.1) is 76.1 Å². The minimum atomic E-state index is -0.502. The second-order valence-corrected chi connectivity index (χ2v) is 29.6. The molecule has 0 radical (unpaired) electrons. The number of carbonyl (C=O) groups excluding carboxylic acids is 3. The number of hydrogen-bond acceptors (Lipinski definition) is 22. The molecule has 0 spiro atoms. The molecular formula is C70H81F4N17O5S3. The normalized spacial score (nSPS) is 20.8. The summed E-state index contributed by atoms with van der Waals surface area (Å²) in [5.41, 5.74) is 26.8. The topological polar surface area (TPSA) is 295 Å². The molecule has 8 atom stereocenters. The Morgan fingerprint density at radius 3 is 1.47 bits per heavy atom. The third kappa shape index (κ3) is 15.3. The SMILES string of the molecule is CCc1cnc2sc(C(=O)NCCc3ccc(N4CC5CCC(C5)C4)cc3)c(N)c2n1.Cc1cnc2c(N)c(C(=O)NCC(C)c3cc(F)c(N4CC5CNCC(C4)O5)cc3F)sc2n1.Cc1cnc2c(N)c(C(=O)NC[C@H](C)c3cc(F)c(N4CC5CNCC(C4)O5)cc3F)sc2n1. The van der Waals surface area contributed by atoms with Crippen molar-refractivity contribution in [2.45, 2.75) is 103 Å². The molecule has 11 N–H and O–H groups in total. The Kier molecular flexibility index (Phi) is 20.8. The van der Waals surface area contributed by atoms with Crippen LogP contribution in [0.1, 0.15) is 115 Å². The highest BCUT2D eigenvalue weighted by Crippen LogP contribution is 2.40. The summed E-state index contributed by atoms with van der Waals surface area (Å²) in [4.78, 5) is 73.5. The summed E-state index contributed by atoms with van der Waals surface area (Å²) in [6, 6.07) is 13.8. The third-order valence-electron chi connectivity index (χ3n) is 19.2. The second kappa shape index (κ2) is 29.8. The third-order valence-corrected chi connectivity index (χ3v) is 22.4. The van der Waals surface area contributed by atoms with Crippen LogP contribution in [0.2, 0.25) is 0 Å². The highest BCUT2D eigenvalue weighted by Gasteiger charge is 2.36. The molecule has 15 rings (SSSR count). The van der Waals surface area contributed by atoms with E-state index in [4.69, 9.17) is 26.7 Å². The van der Waals surface area contributed by atoms with Gasteiger partial charge in [-0.1, -0.05) is 32.9 Å². The monoisotopic (exact) mass is 1410 g/mol. The molecule has 6 aliphatic rings. The quantitative estimate of drug-likeness (QED) is 0.0418. The van der Waals surface area contributed by atoms with Gasteiger partial charge in [-0.25, -0.2) is 47.5 Å². The number of fused-ring (bicyclic) bond motifs is 9. The van der Waals surface area contributed by atoms with Crippen LogP contribution in [0.4, 0.5) is 51.7 Å². The number of nitrogens with zero attached hydrogens (tertiary/aromatic N) is 9. The maximum Gasteiger partial charge on any atom is 0.263 e. The lowest BCUT2D eigenvalue weighted by Gasteiger charge is -2.43. The number of anilines is 6. The van der Waals surface area contributed by atoms with Gasteiger partial charge < -0.3 is 68.0 Å². The first-order chi connectivity index (χ1) is 47.7. The molecule has 1 aliphatic carbocycles. The molecule has 5 saturated heterocycles. The van der Waals surface area contributed by atoms with Crippen molar-refractivity contribution >= 4 is 117 Å². The minimum absolute atomic E-state index is 0.0422. The molecular weight excluding hydrogens is 1330 g/mol. The van der Waals surface area contributed by atoms with Crippen molar-refractivity contribution in [2.24, 2.45) is 11.8 Å². The summed E-state index contributed by atoms with van der Waals surface area (Å²) in [6.07, 6.45) is 10.6. The van der Waals surface area contributed by atoms with Crippen LogP contribution in [-0.2, 0) is 22.3 Å². The number of aryl methyl sites for hydroxylation is 3. The van der Waals surface area contributed by atoms with E-state index in [2.05, 4.69) is 85.7 Å². The summed E-state index contributed by atoms with van der Waals surface area (Å²) in [7, 11) is 0. The van der Waals surface area contributed by atoms with E-state index in [1.54, 1.807) is 32.4 Å². The van der Waals surface area contributed by atoms with Crippen LogP contribution in [-0.4, -0.2) is 157 Å². The second-order valence-electron chi connectivity index (χ2n) is 26.6. The number of thiophene rings is 3. The summed E-state index contributed by atoms with van der Waals surface area (Å²) in [5.74, 6) is -2.03. The zero-order valence-electron chi connectivity index (χ0n) is 55.7. The molecule has 5 aliphatic heterocycles. The van der Waals surface area contributed by atoms with Crippen LogP contribution in [0.15, 0.2) is 67.1 Å². The minimum Gasteiger partial charge on any atom is -0.396 e. The highest BCUT2D eigenvalue weighted by molar-refractivity contribution is 7.22. The van der Waals surface area contributed by atoms with E-state index in [0.717, 1.165) is 64.4 Å². The Morgan fingerprint density at radius 1 is 0.566 bits per heavy atom. The molecule has 522 valence electrons. The fourth-order valence-corrected chi connectivity index (χ4v) is 16.9. The molecule has 22 nitrogen and oxygen atoms in total. The fourth-order valence-electron chi connectivity index (χ4n) is 14.0. The van der Waals surface area contributed by atoms with Gasteiger partial charge in [0.25, 0.3) is 17.7 Å². The number of nitrogens with two attached hydrogens (primary N) is 3. The van der Waals surface area contributed by atoms with E-state index in [0.29, 0.717) is 110 Å². The molecule has 9 aromatic rings. The van der Waals surface area contributed by atoms with E-state index in [-0.39, 0.29) is 77.3 Å². The molecule has 6 fully saturated rings. The van der Waals surface area contributed by atoms with Gasteiger partial charge in [0.1, 0.15) is 68.9 Å². The molecule has 11 heterocycles. The number of ether oxygens (including phenoxy) is 2. The number of aromatic nitrogens is 6. The zero-order valence-corrected chi connectivity index (χ0v) is 58.2. The Balaban J connectivity index is 0.000000134. The predicted molar refractivity (Wildman–Crippen MR) is 382 cm³/mol. The van der Waals surface area contributed by atoms with Crippen molar-refractivity contribution in [1.29, 1.82) is 0 Å². The summed E-state index contributed by atoms with van der Waals surface area (Å²) >= 11 is 3.62. The highest BCUT2D eigenvalue weighted by atomic mass is 32.1. The number of rotatable bonds is 16. The van der Waals surface area contributed by atoms with Crippen molar-refractivity contribution < 1.29 is 41.4 Å². The zero-order chi connectivity index (χ0) is 69.3. The smallest absolute Gasteiger partial charge is 0.263 e. The number of benzene rings is 3. The van der Waals surface area contributed by atoms with E-state index < -0.39 is 46.9 Å². The van der Waals surface area contributed by atoms with Gasteiger partial charge in [0, 0.05) is 127 Å².